The smallest absolute Gasteiger partial charge is 0.229 e. The number of carbonyl (C=O) groups is 1. The van der Waals surface area contributed by atoms with E-state index in [9.17, 15) is 20.1 Å². The van der Waals surface area contributed by atoms with Crippen LogP contribution < -0.4 is 0 Å². The summed E-state index contributed by atoms with van der Waals surface area (Å²) in [5, 5.41) is 37.2. The Morgan fingerprint density at radius 3 is 2.44 bits per heavy atom. The quantitative estimate of drug-likeness (QED) is 0.584. The van der Waals surface area contributed by atoms with Crippen LogP contribution in [0.3, 0.4) is 0 Å². The number of hydrogen-bond acceptors (Lipinski definition) is 5. The molecule has 1 aromatic carbocycles. The molecule has 1 unspecified atom stereocenters. The Morgan fingerprint density at radius 1 is 1.11 bits per heavy atom. The minimum Gasteiger partial charge on any atom is -0.504 e. The average Bonchev–Trinajstić information content (AvgIpc) is 2.31. The number of aliphatic hydroxyl groups is 2. The predicted octanol–water partition coefficient (Wildman–Crippen LogP) is 0.952. The van der Waals surface area contributed by atoms with Gasteiger partial charge in [0.15, 0.2) is 17.3 Å². The molecule has 2 rings (SSSR count). The van der Waals surface area contributed by atoms with E-state index in [1.165, 1.54) is 24.3 Å². The second-order valence-corrected chi connectivity index (χ2v) is 4.08. The van der Waals surface area contributed by atoms with Gasteiger partial charge < -0.3 is 20.4 Å². The van der Waals surface area contributed by atoms with Crippen molar-refractivity contribution < 1.29 is 25.2 Å². The Balaban J connectivity index is 2.22. The van der Waals surface area contributed by atoms with Gasteiger partial charge in [-0.3, -0.25) is 4.79 Å². The molecule has 5 nitrogen and oxygen atoms in total. The fraction of sp³-hybridized carbons (Fsp3) is 0.154. The lowest BCUT2D eigenvalue weighted by Crippen LogP contribution is -2.23. The fourth-order valence-corrected chi connectivity index (χ4v) is 1.75. The standard InChI is InChI=1S/C13H12O5/c14-9-2-1-7(4-10(9)15)3-8-5-11(16)13(18)12(17)6-8/h1-2,4-6,11,14-17H,3H2. The Hall–Kier alpha value is -2.27. The van der Waals surface area contributed by atoms with Crippen LogP contribution in [0.5, 0.6) is 11.5 Å². The van der Waals surface area contributed by atoms with Gasteiger partial charge in [0.05, 0.1) is 0 Å². The van der Waals surface area contributed by atoms with Gasteiger partial charge in [0.2, 0.25) is 5.78 Å². The van der Waals surface area contributed by atoms with Gasteiger partial charge in [0.25, 0.3) is 0 Å². The van der Waals surface area contributed by atoms with Gasteiger partial charge in [0.1, 0.15) is 6.10 Å². The molecule has 0 radical (unpaired) electrons. The van der Waals surface area contributed by atoms with Crippen LogP contribution in [0, 0.1) is 0 Å². The number of aliphatic hydroxyl groups excluding tert-OH is 2. The van der Waals surface area contributed by atoms with E-state index in [-0.39, 0.29) is 11.5 Å². The molecule has 0 aromatic heterocycles. The Morgan fingerprint density at radius 2 is 1.83 bits per heavy atom. The Bertz CT molecular complexity index is 557. The number of benzene rings is 1. The number of phenols is 2. The van der Waals surface area contributed by atoms with Crippen molar-refractivity contribution in [1.29, 1.82) is 0 Å². The number of hydrogen-bond donors (Lipinski definition) is 4. The fourth-order valence-electron chi connectivity index (χ4n) is 1.75. The van der Waals surface area contributed by atoms with E-state index in [4.69, 9.17) is 5.11 Å². The lowest BCUT2D eigenvalue weighted by Gasteiger charge is -2.13. The van der Waals surface area contributed by atoms with Crippen LogP contribution >= 0.6 is 0 Å². The van der Waals surface area contributed by atoms with E-state index in [1.54, 1.807) is 6.07 Å². The normalized spacial score (nSPS) is 19.4. The van der Waals surface area contributed by atoms with Crippen LogP contribution in [0.2, 0.25) is 0 Å². The summed E-state index contributed by atoms with van der Waals surface area (Å²) in [4.78, 5) is 11.1. The highest BCUT2D eigenvalue weighted by Crippen LogP contribution is 2.27. The topological polar surface area (TPSA) is 98.0 Å². The zero-order valence-corrected chi connectivity index (χ0v) is 9.37. The second kappa shape index (κ2) is 4.54. The molecule has 0 amide bonds. The van der Waals surface area contributed by atoms with Gasteiger partial charge in [0, 0.05) is 0 Å². The van der Waals surface area contributed by atoms with E-state index in [0.29, 0.717) is 17.6 Å². The molecule has 0 fully saturated rings. The lowest BCUT2D eigenvalue weighted by atomic mass is 9.96. The molecule has 0 bridgehead atoms. The number of ketones is 1. The summed E-state index contributed by atoms with van der Waals surface area (Å²) < 4.78 is 0. The van der Waals surface area contributed by atoms with Gasteiger partial charge >= 0.3 is 0 Å². The van der Waals surface area contributed by atoms with Crippen molar-refractivity contribution in [3.63, 3.8) is 0 Å². The molecule has 1 aliphatic carbocycles. The van der Waals surface area contributed by atoms with Crippen molar-refractivity contribution in [3.05, 3.63) is 47.2 Å². The molecule has 4 N–H and O–H groups in total. The first-order chi connectivity index (χ1) is 8.47. The SMILES string of the molecule is O=C1C(O)=CC(Cc2ccc(O)c(O)c2)=CC1O. The highest BCUT2D eigenvalue weighted by molar-refractivity contribution is 5.99. The van der Waals surface area contributed by atoms with Crippen molar-refractivity contribution >= 4 is 5.78 Å². The number of phenolic OH excluding ortho intramolecular Hbond substituents is 2. The van der Waals surface area contributed by atoms with Gasteiger partial charge in [-0.15, -0.1) is 0 Å². The molecule has 18 heavy (non-hydrogen) atoms. The molecule has 0 heterocycles. The van der Waals surface area contributed by atoms with E-state index < -0.39 is 17.6 Å². The molecular formula is C13H12O5. The summed E-state index contributed by atoms with van der Waals surface area (Å²) >= 11 is 0. The maximum Gasteiger partial charge on any atom is 0.229 e. The number of allylic oxidation sites excluding steroid dienone is 2. The van der Waals surface area contributed by atoms with Crippen LogP contribution in [-0.2, 0) is 11.2 Å². The van der Waals surface area contributed by atoms with Crippen molar-refractivity contribution in [2.75, 3.05) is 0 Å². The highest BCUT2D eigenvalue weighted by atomic mass is 16.3. The predicted molar refractivity (Wildman–Crippen MR) is 63.3 cm³/mol. The minimum absolute atomic E-state index is 0.218. The van der Waals surface area contributed by atoms with Gasteiger partial charge in [-0.1, -0.05) is 6.07 Å². The maximum absolute atomic E-state index is 11.1. The summed E-state index contributed by atoms with van der Waals surface area (Å²) in [5.74, 6) is -1.67. The molecule has 94 valence electrons. The molecule has 1 aliphatic rings. The van der Waals surface area contributed by atoms with Crippen molar-refractivity contribution in [1.82, 2.24) is 0 Å². The van der Waals surface area contributed by atoms with Crippen molar-refractivity contribution in [2.24, 2.45) is 0 Å². The number of carbonyl (C=O) groups excluding carboxylic acids is 1. The third kappa shape index (κ3) is 2.36. The van der Waals surface area contributed by atoms with E-state index in [0.717, 1.165) is 0 Å². The Labute approximate surface area is 103 Å². The summed E-state index contributed by atoms with van der Waals surface area (Å²) in [7, 11) is 0. The zero-order valence-electron chi connectivity index (χ0n) is 9.37. The number of rotatable bonds is 2. The molecule has 0 saturated heterocycles. The van der Waals surface area contributed by atoms with Crippen LogP contribution in [0.4, 0.5) is 0 Å². The molecule has 1 aromatic rings. The largest absolute Gasteiger partial charge is 0.504 e. The van der Waals surface area contributed by atoms with Gasteiger partial charge in [-0.2, -0.15) is 0 Å². The van der Waals surface area contributed by atoms with Crippen LogP contribution in [0.15, 0.2) is 41.7 Å². The van der Waals surface area contributed by atoms with Crippen LogP contribution in [-0.4, -0.2) is 32.3 Å². The molecule has 0 saturated carbocycles. The molecule has 0 spiro atoms. The molecular weight excluding hydrogens is 236 g/mol. The third-order valence-corrected chi connectivity index (χ3v) is 2.66. The van der Waals surface area contributed by atoms with Crippen molar-refractivity contribution in [2.45, 2.75) is 12.5 Å². The van der Waals surface area contributed by atoms with E-state index in [2.05, 4.69) is 0 Å². The minimum atomic E-state index is -1.34. The summed E-state index contributed by atoms with van der Waals surface area (Å²) in [6.07, 6.45) is 1.60. The molecule has 1 atom stereocenters. The van der Waals surface area contributed by atoms with E-state index in [1.807, 2.05) is 0 Å². The Kier molecular flexibility index (Phi) is 3.08. The van der Waals surface area contributed by atoms with Crippen LogP contribution in [0.1, 0.15) is 5.56 Å². The van der Waals surface area contributed by atoms with Crippen LogP contribution in [0.25, 0.3) is 0 Å². The summed E-state index contributed by atoms with van der Waals surface area (Å²) in [6.45, 7) is 0. The first-order valence-electron chi connectivity index (χ1n) is 5.32. The van der Waals surface area contributed by atoms with Gasteiger partial charge in [-0.25, -0.2) is 0 Å². The maximum atomic E-state index is 11.1. The second-order valence-electron chi connectivity index (χ2n) is 4.08. The van der Waals surface area contributed by atoms with Gasteiger partial charge in [-0.05, 0) is 41.8 Å². The monoisotopic (exact) mass is 248 g/mol. The summed E-state index contributed by atoms with van der Waals surface area (Å²) in [5.41, 5.74) is 1.24. The lowest BCUT2D eigenvalue weighted by molar-refractivity contribution is -0.123. The number of aromatic hydroxyl groups is 2. The first kappa shape index (κ1) is 12.2. The average molecular weight is 248 g/mol. The third-order valence-electron chi connectivity index (χ3n) is 2.66. The highest BCUT2D eigenvalue weighted by Gasteiger charge is 2.22. The van der Waals surface area contributed by atoms with Crippen molar-refractivity contribution in [3.8, 4) is 11.5 Å². The summed E-state index contributed by atoms with van der Waals surface area (Å²) in [6, 6.07) is 4.33. The number of Topliss-reactive ketones (excluding diaryl/α,β-unsaturated/α-hetero) is 1. The first-order valence-corrected chi connectivity index (χ1v) is 5.32. The van der Waals surface area contributed by atoms with E-state index >= 15 is 0 Å². The zero-order chi connectivity index (χ0) is 13.3. The molecule has 0 aliphatic heterocycles. The molecule has 5 heteroatoms.